The summed E-state index contributed by atoms with van der Waals surface area (Å²) in [5, 5.41) is 1.94. The third-order valence-corrected chi connectivity index (χ3v) is 3.22. The number of carbonyl (C=O) groups is 1. The van der Waals surface area contributed by atoms with E-state index in [0.717, 1.165) is 23.5 Å². The highest BCUT2D eigenvalue weighted by Gasteiger charge is 2.03. The Bertz CT molecular complexity index is 530. The van der Waals surface area contributed by atoms with E-state index in [2.05, 4.69) is 16.8 Å². The molecule has 0 saturated heterocycles. The van der Waals surface area contributed by atoms with Crippen LogP contribution in [0.25, 0.3) is 10.9 Å². The number of aryl methyl sites for hydroxylation is 1. The zero-order valence-electron chi connectivity index (χ0n) is 9.95. The Hall–Kier alpha value is -1.28. The van der Waals surface area contributed by atoms with Gasteiger partial charge in [-0.2, -0.15) is 0 Å². The van der Waals surface area contributed by atoms with Crippen molar-refractivity contribution in [2.75, 3.05) is 0 Å². The van der Waals surface area contributed by atoms with E-state index >= 15 is 0 Å². The van der Waals surface area contributed by atoms with E-state index in [1.807, 2.05) is 25.1 Å². The SMILES string of the molecule is CCC(=O)CCCn1ccc2ccc(Cl)cc21. The number of carbonyl (C=O) groups excluding carboxylic acids is 1. The first-order valence-corrected chi connectivity index (χ1v) is 6.34. The van der Waals surface area contributed by atoms with Crippen molar-refractivity contribution < 1.29 is 4.79 Å². The van der Waals surface area contributed by atoms with E-state index in [1.165, 1.54) is 5.39 Å². The first-order chi connectivity index (χ1) is 8.20. The van der Waals surface area contributed by atoms with Gasteiger partial charge in [0.2, 0.25) is 0 Å². The molecular weight excluding hydrogens is 234 g/mol. The highest BCUT2D eigenvalue weighted by atomic mass is 35.5. The summed E-state index contributed by atoms with van der Waals surface area (Å²) in [5.74, 6) is 0.333. The second-order valence-corrected chi connectivity index (χ2v) is 4.64. The molecule has 0 atom stereocenters. The number of Topliss-reactive ketones (excluding diaryl/α,β-unsaturated/α-hetero) is 1. The van der Waals surface area contributed by atoms with Crippen LogP contribution in [0.3, 0.4) is 0 Å². The average molecular weight is 250 g/mol. The van der Waals surface area contributed by atoms with E-state index < -0.39 is 0 Å². The Balaban J connectivity index is 2.08. The monoisotopic (exact) mass is 249 g/mol. The quantitative estimate of drug-likeness (QED) is 0.784. The molecule has 3 heteroatoms. The highest BCUT2D eigenvalue weighted by Crippen LogP contribution is 2.20. The second-order valence-electron chi connectivity index (χ2n) is 4.21. The molecule has 2 rings (SSSR count). The Morgan fingerprint density at radius 3 is 2.94 bits per heavy atom. The lowest BCUT2D eigenvalue weighted by Crippen LogP contribution is -2.00. The van der Waals surface area contributed by atoms with Gasteiger partial charge in [0.15, 0.2) is 0 Å². The summed E-state index contributed by atoms with van der Waals surface area (Å²) in [6, 6.07) is 7.96. The molecule has 17 heavy (non-hydrogen) atoms. The van der Waals surface area contributed by atoms with Crippen LogP contribution in [0.15, 0.2) is 30.5 Å². The maximum Gasteiger partial charge on any atom is 0.132 e. The standard InChI is InChI=1S/C14H16ClNO/c1-2-13(17)4-3-8-16-9-7-11-5-6-12(15)10-14(11)16/h5-7,9-10H,2-4,8H2,1H3. The molecular formula is C14H16ClNO. The van der Waals surface area contributed by atoms with Gasteiger partial charge < -0.3 is 4.57 Å². The van der Waals surface area contributed by atoms with Crippen LogP contribution >= 0.6 is 11.6 Å². The van der Waals surface area contributed by atoms with Gasteiger partial charge in [0.05, 0.1) is 0 Å². The smallest absolute Gasteiger partial charge is 0.132 e. The first-order valence-electron chi connectivity index (χ1n) is 5.97. The Labute approximate surface area is 106 Å². The summed E-state index contributed by atoms with van der Waals surface area (Å²) in [6.45, 7) is 2.78. The van der Waals surface area contributed by atoms with Crippen molar-refractivity contribution >= 4 is 28.3 Å². The van der Waals surface area contributed by atoms with Gasteiger partial charge in [-0.25, -0.2) is 0 Å². The van der Waals surface area contributed by atoms with Crippen LogP contribution in [0.2, 0.25) is 5.02 Å². The molecule has 90 valence electrons. The fraction of sp³-hybridized carbons (Fsp3) is 0.357. The van der Waals surface area contributed by atoms with E-state index in [0.29, 0.717) is 18.6 Å². The van der Waals surface area contributed by atoms with Gasteiger partial charge in [0, 0.05) is 36.1 Å². The molecule has 0 unspecified atom stereocenters. The number of hydrogen-bond acceptors (Lipinski definition) is 1. The number of fused-ring (bicyclic) bond motifs is 1. The summed E-state index contributed by atoms with van der Waals surface area (Å²) in [5.41, 5.74) is 1.14. The molecule has 0 amide bonds. The summed E-state index contributed by atoms with van der Waals surface area (Å²) in [7, 11) is 0. The summed E-state index contributed by atoms with van der Waals surface area (Å²) in [6.07, 6.45) is 4.25. The third kappa shape index (κ3) is 2.89. The summed E-state index contributed by atoms with van der Waals surface area (Å²) >= 11 is 5.99. The lowest BCUT2D eigenvalue weighted by Gasteiger charge is -2.05. The highest BCUT2D eigenvalue weighted by molar-refractivity contribution is 6.31. The van der Waals surface area contributed by atoms with E-state index in [4.69, 9.17) is 11.6 Å². The number of aromatic nitrogens is 1. The fourth-order valence-electron chi connectivity index (χ4n) is 1.98. The third-order valence-electron chi connectivity index (χ3n) is 2.98. The largest absolute Gasteiger partial charge is 0.347 e. The summed E-state index contributed by atoms with van der Waals surface area (Å²) in [4.78, 5) is 11.2. The van der Waals surface area contributed by atoms with Crippen LogP contribution in [-0.4, -0.2) is 10.4 Å². The van der Waals surface area contributed by atoms with Crippen LogP contribution in [0.4, 0.5) is 0 Å². The van der Waals surface area contributed by atoms with Crippen molar-refractivity contribution in [1.82, 2.24) is 4.57 Å². The predicted molar refractivity (Wildman–Crippen MR) is 71.5 cm³/mol. The molecule has 0 aliphatic carbocycles. The maximum atomic E-state index is 11.2. The molecule has 1 heterocycles. The molecule has 0 aliphatic heterocycles. The van der Waals surface area contributed by atoms with E-state index in [-0.39, 0.29) is 0 Å². The van der Waals surface area contributed by atoms with Crippen LogP contribution in [-0.2, 0) is 11.3 Å². The number of rotatable bonds is 5. The van der Waals surface area contributed by atoms with Crippen molar-refractivity contribution in [3.8, 4) is 0 Å². The molecule has 1 aromatic carbocycles. The molecule has 0 fully saturated rings. The lowest BCUT2D eigenvalue weighted by molar-refractivity contribution is -0.118. The van der Waals surface area contributed by atoms with Gasteiger partial charge in [0.25, 0.3) is 0 Å². The number of nitrogens with zero attached hydrogens (tertiary/aromatic N) is 1. The average Bonchev–Trinajstić information content (AvgIpc) is 2.72. The van der Waals surface area contributed by atoms with Crippen molar-refractivity contribution in [3.05, 3.63) is 35.5 Å². The van der Waals surface area contributed by atoms with Crippen molar-refractivity contribution in [3.63, 3.8) is 0 Å². The zero-order chi connectivity index (χ0) is 12.3. The number of ketones is 1. The number of benzene rings is 1. The van der Waals surface area contributed by atoms with Crippen LogP contribution in [0, 0.1) is 0 Å². The Morgan fingerprint density at radius 1 is 1.35 bits per heavy atom. The lowest BCUT2D eigenvalue weighted by atomic mass is 10.2. The summed E-state index contributed by atoms with van der Waals surface area (Å²) < 4.78 is 2.16. The van der Waals surface area contributed by atoms with Crippen molar-refractivity contribution in [1.29, 1.82) is 0 Å². The molecule has 0 aliphatic rings. The van der Waals surface area contributed by atoms with Crippen LogP contribution < -0.4 is 0 Å². The van der Waals surface area contributed by atoms with Gasteiger partial charge in [-0.1, -0.05) is 24.6 Å². The molecule has 0 saturated carbocycles. The zero-order valence-corrected chi connectivity index (χ0v) is 10.7. The van der Waals surface area contributed by atoms with Crippen molar-refractivity contribution in [2.24, 2.45) is 0 Å². The maximum absolute atomic E-state index is 11.2. The topological polar surface area (TPSA) is 22.0 Å². The normalized spacial score (nSPS) is 10.9. The van der Waals surface area contributed by atoms with E-state index in [1.54, 1.807) is 0 Å². The minimum absolute atomic E-state index is 0.333. The van der Waals surface area contributed by atoms with E-state index in [9.17, 15) is 4.79 Å². The predicted octanol–water partition coefficient (Wildman–Crippen LogP) is 4.05. The van der Waals surface area contributed by atoms with Gasteiger partial charge in [-0.3, -0.25) is 4.79 Å². The Morgan fingerprint density at radius 2 is 2.18 bits per heavy atom. The van der Waals surface area contributed by atoms with Gasteiger partial charge in [-0.15, -0.1) is 0 Å². The molecule has 2 nitrogen and oxygen atoms in total. The molecule has 0 spiro atoms. The minimum atomic E-state index is 0.333. The minimum Gasteiger partial charge on any atom is -0.347 e. The van der Waals surface area contributed by atoms with Gasteiger partial charge in [-0.05, 0) is 30.0 Å². The first kappa shape index (κ1) is 12.2. The van der Waals surface area contributed by atoms with Crippen LogP contribution in [0.5, 0.6) is 0 Å². The molecule has 0 radical (unpaired) electrons. The Kier molecular flexibility index (Phi) is 3.85. The fourth-order valence-corrected chi connectivity index (χ4v) is 2.14. The molecule has 0 bridgehead atoms. The van der Waals surface area contributed by atoms with Gasteiger partial charge >= 0.3 is 0 Å². The van der Waals surface area contributed by atoms with Crippen molar-refractivity contribution in [2.45, 2.75) is 32.7 Å². The number of halogens is 1. The molecule has 1 aromatic heterocycles. The molecule has 2 aromatic rings. The number of hydrogen-bond donors (Lipinski definition) is 0. The molecule has 0 N–H and O–H groups in total. The van der Waals surface area contributed by atoms with Gasteiger partial charge in [0.1, 0.15) is 5.78 Å². The second kappa shape index (κ2) is 5.37. The van der Waals surface area contributed by atoms with Crippen LogP contribution in [0.1, 0.15) is 26.2 Å².